The lowest BCUT2D eigenvalue weighted by Crippen LogP contribution is -1.87. The second-order valence-electron chi connectivity index (χ2n) is 2.26. The van der Waals surface area contributed by atoms with Crippen molar-refractivity contribution in [3.05, 3.63) is 28.9 Å². The predicted molar refractivity (Wildman–Crippen MR) is 48.4 cm³/mol. The fourth-order valence-electron chi connectivity index (χ4n) is 1.00. The topological polar surface area (TPSA) is 17.8 Å². The first-order valence-corrected chi connectivity index (χ1v) is 3.91. The molecule has 2 nitrogen and oxygen atoms in total. The minimum Gasteiger partial charge on any atom is -0.268 e. The Balaban J connectivity index is 2.70. The highest BCUT2D eigenvalue weighted by Crippen LogP contribution is 2.18. The highest BCUT2D eigenvalue weighted by molar-refractivity contribution is 9.10. The zero-order valence-corrected chi connectivity index (χ0v) is 7.17. The molecule has 1 heterocycles. The quantitative estimate of drug-likeness (QED) is 0.658. The third kappa shape index (κ3) is 1.05. The molecule has 0 aliphatic carbocycles. The minimum absolute atomic E-state index is 0.619. The van der Waals surface area contributed by atoms with E-state index < -0.39 is 6.98 Å². The summed E-state index contributed by atoms with van der Waals surface area (Å²) in [6.07, 6.45) is 1.55. The van der Waals surface area contributed by atoms with E-state index in [-0.39, 0.29) is 0 Å². The normalized spacial score (nSPS) is 15.9. The number of hydrogen-bond donors (Lipinski definition) is 0. The van der Waals surface area contributed by atoms with Crippen LogP contribution in [-0.4, -0.2) is 9.78 Å². The summed E-state index contributed by atoms with van der Waals surface area (Å²) in [5, 5.41) is 4.66. The van der Waals surface area contributed by atoms with Gasteiger partial charge in [-0.05, 0) is 18.2 Å². The molecule has 2 aromatic rings. The molecule has 0 radical (unpaired) electrons. The van der Waals surface area contributed by atoms with E-state index in [0.717, 1.165) is 14.5 Å². The number of benzene rings is 1. The number of aromatic nitrogens is 2. The van der Waals surface area contributed by atoms with Crippen LogP contribution >= 0.6 is 15.9 Å². The molecule has 0 saturated carbocycles. The SMILES string of the molecule is [2H]C([2H])([2H])n1ncc2cc(Br)ccc21. The summed E-state index contributed by atoms with van der Waals surface area (Å²) in [7, 11) is 0. The Kier molecular flexibility index (Phi) is 0.906. The van der Waals surface area contributed by atoms with Crippen LogP contribution in [0.5, 0.6) is 0 Å². The van der Waals surface area contributed by atoms with Crippen LogP contribution < -0.4 is 0 Å². The first kappa shape index (κ1) is 4.26. The van der Waals surface area contributed by atoms with E-state index >= 15 is 0 Å². The molecule has 3 heteroatoms. The van der Waals surface area contributed by atoms with Gasteiger partial charge in [-0.3, -0.25) is 4.68 Å². The maximum atomic E-state index is 7.25. The van der Waals surface area contributed by atoms with Gasteiger partial charge >= 0.3 is 0 Å². The van der Waals surface area contributed by atoms with E-state index in [1.807, 2.05) is 6.07 Å². The molecule has 0 bridgehead atoms. The number of rotatable bonds is 0. The van der Waals surface area contributed by atoms with Gasteiger partial charge in [-0.2, -0.15) is 5.10 Å². The number of hydrogen-bond acceptors (Lipinski definition) is 1. The second-order valence-corrected chi connectivity index (χ2v) is 3.18. The van der Waals surface area contributed by atoms with Crippen molar-refractivity contribution in [2.75, 3.05) is 0 Å². The van der Waals surface area contributed by atoms with E-state index in [1.165, 1.54) is 0 Å². The fourth-order valence-corrected chi connectivity index (χ4v) is 1.38. The number of fused-ring (bicyclic) bond motifs is 1. The largest absolute Gasteiger partial charge is 0.268 e. The zero-order valence-electron chi connectivity index (χ0n) is 8.58. The molecule has 0 saturated heterocycles. The first-order valence-electron chi connectivity index (χ1n) is 4.62. The van der Waals surface area contributed by atoms with Gasteiger partial charge in [0.1, 0.15) is 0 Å². The molecule has 0 amide bonds. The van der Waals surface area contributed by atoms with Crippen molar-refractivity contribution in [1.29, 1.82) is 0 Å². The fraction of sp³-hybridized carbons (Fsp3) is 0.125. The maximum Gasteiger partial charge on any atom is 0.0679 e. The Labute approximate surface area is 77.2 Å². The Morgan fingerprint density at radius 1 is 1.64 bits per heavy atom. The van der Waals surface area contributed by atoms with Crippen molar-refractivity contribution < 1.29 is 4.11 Å². The van der Waals surface area contributed by atoms with Crippen molar-refractivity contribution in [3.63, 3.8) is 0 Å². The van der Waals surface area contributed by atoms with E-state index in [4.69, 9.17) is 4.11 Å². The molecule has 0 aliphatic heterocycles. The summed E-state index contributed by atoms with van der Waals surface area (Å²) in [6.45, 7) is -2.21. The lowest BCUT2D eigenvalue weighted by atomic mass is 10.3. The summed E-state index contributed by atoms with van der Waals surface area (Å²) in [6, 6.07) is 5.37. The molecule has 0 atom stereocenters. The second kappa shape index (κ2) is 2.34. The van der Waals surface area contributed by atoms with Crippen molar-refractivity contribution in [2.24, 2.45) is 6.98 Å². The van der Waals surface area contributed by atoms with Crippen LogP contribution in [-0.2, 0) is 6.98 Å². The van der Waals surface area contributed by atoms with Gasteiger partial charge in [-0.1, -0.05) is 15.9 Å². The molecule has 56 valence electrons. The number of nitrogens with zero attached hydrogens (tertiary/aromatic N) is 2. The van der Waals surface area contributed by atoms with Crippen LogP contribution in [0.15, 0.2) is 28.9 Å². The molecule has 0 fully saturated rings. The van der Waals surface area contributed by atoms with Crippen LogP contribution in [0.3, 0.4) is 0 Å². The molecular formula is C8H7BrN2. The molecule has 0 N–H and O–H groups in total. The summed E-state index contributed by atoms with van der Waals surface area (Å²) in [4.78, 5) is 0. The molecule has 0 aliphatic rings. The van der Waals surface area contributed by atoms with E-state index in [0.29, 0.717) is 5.52 Å². The Morgan fingerprint density at radius 2 is 2.55 bits per heavy atom. The number of halogens is 1. The smallest absolute Gasteiger partial charge is 0.0679 e. The van der Waals surface area contributed by atoms with Gasteiger partial charge in [0.15, 0.2) is 0 Å². The Bertz CT molecular complexity index is 475. The van der Waals surface area contributed by atoms with Gasteiger partial charge in [0.2, 0.25) is 0 Å². The average Bonchev–Trinajstić information content (AvgIpc) is 2.45. The van der Waals surface area contributed by atoms with Gasteiger partial charge in [0.05, 0.1) is 11.7 Å². The molecule has 1 aromatic carbocycles. The molecule has 2 rings (SSSR count). The molecule has 11 heavy (non-hydrogen) atoms. The van der Waals surface area contributed by atoms with Gasteiger partial charge < -0.3 is 0 Å². The summed E-state index contributed by atoms with van der Waals surface area (Å²) >= 11 is 3.31. The monoisotopic (exact) mass is 213 g/mol. The van der Waals surface area contributed by atoms with E-state index in [2.05, 4.69) is 21.0 Å². The lowest BCUT2D eigenvalue weighted by Gasteiger charge is -1.92. The van der Waals surface area contributed by atoms with Crippen molar-refractivity contribution >= 4 is 26.8 Å². The van der Waals surface area contributed by atoms with Crippen LogP contribution in [0.4, 0.5) is 0 Å². The lowest BCUT2D eigenvalue weighted by molar-refractivity contribution is 0.797. The van der Waals surface area contributed by atoms with Crippen LogP contribution in [0.25, 0.3) is 10.9 Å². The van der Waals surface area contributed by atoms with Gasteiger partial charge in [0, 0.05) is 20.9 Å². The standard InChI is InChI=1S/C8H7BrN2/c1-11-8-3-2-7(9)4-6(8)5-10-11/h2-5H,1H3/i1D3. The highest BCUT2D eigenvalue weighted by Gasteiger charge is 1.97. The van der Waals surface area contributed by atoms with Crippen LogP contribution in [0.1, 0.15) is 4.11 Å². The Morgan fingerprint density at radius 3 is 3.36 bits per heavy atom. The van der Waals surface area contributed by atoms with Crippen molar-refractivity contribution in [1.82, 2.24) is 9.78 Å². The Hall–Kier alpha value is -0.830. The third-order valence-corrected chi connectivity index (χ3v) is 2.02. The van der Waals surface area contributed by atoms with Crippen molar-refractivity contribution in [2.45, 2.75) is 0 Å². The first-order chi connectivity index (χ1) is 6.48. The summed E-state index contributed by atoms with van der Waals surface area (Å²) < 4.78 is 23.7. The average molecular weight is 214 g/mol. The predicted octanol–water partition coefficient (Wildman–Crippen LogP) is 2.34. The zero-order chi connectivity index (χ0) is 10.3. The highest BCUT2D eigenvalue weighted by atomic mass is 79.9. The minimum atomic E-state index is -2.21. The van der Waals surface area contributed by atoms with Gasteiger partial charge in [-0.15, -0.1) is 0 Å². The summed E-state index contributed by atoms with van der Waals surface area (Å²) in [5.41, 5.74) is 0.619. The van der Waals surface area contributed by atoms with Crippen molar-refractivity contribution in [3.8, 4) is 0 Å². The van der Waals surface area contributed by atoms with Gasteiger partial charge in [0.25, 0.3) is 0 Å². The molecule has 1 aromatic heterocycles. The van der Waals surface area contributed by atoms with E-state index in [1.54, 1.807) is 18.3 Å². The van der Waals surface area contributed by atoms with Crippen LogP contribution in [0.2, 0.25) is 0 Å². The molecular weight excluding hydrogens is 204 g/mol. The number of aryl methyl sites for hydroxylation is 1. The van der Waals surface area contributed by atoms with Gasteiger partial charge in [-0.25, -0.2) is 0 Å². The molecule has 0 spiro atoms. The molecule has 0 unspecified atom stereocenters. The van der Waals surface area contributed by atoms with E-state index in [9.17, 15) is 0 Å². The summed E-state index contributed by atoms with van der Waals surface area (Å²) in [5.74, 6) is 0. The van der Waals surface area contributed by atoms with Crippen LogP contribution in [0, 0.1) is 0 Å². The maximum absolute atomic E-state index is 7.25. The third-order valence-electron chi connectivity index (χ3n) is 1.53.